The van der Waals surface area contributed by atoms with E-state index >= 15 is 0 Å². The summed E-state index contributed by atoms with van der Waals surface area (Å²) in [6.45, 7) is 8.62. The number of carbonyl (C=O) groups excluding carboxylic acids is 1. The van der Waals surface area contributed by atoms with E-state index in [2.05, 4.69) is 23.9 Å². The molecule has 0 aliphatic carbocycles. The van der Waals surface area contributed by atoms with Crippen LogP contribution in [0.2, 0.25) is 0 Å². The molecule has 1 amide bonds. The molecule has 2 aromatic heterocycles. The average Bonchev–Trinajstić information content (AvgIpc) is 2.78. The normalized spacial score (nSPS) is 11.0. The van der Waals surface area contributed by atoms with Gasteiger partial charge in [-0.15, -0.1) is 0 Å². The molecule has 118 valence electrons. The third kappa shape index (κ3) is 3.18. The predicted molar refractivity (Wildman–Crippen MR) is 86.8 cm³/mol. The lowest BCUT2D eigenvalue weighted by atomic mass is 10.0. The summed E-state index contributed by atoms with van der Waals surface area (Å²) in [5.41, 5.74) is 4.62. The second-order valence-corrected chi connectivity index (χ2v) is 6.08. The van der Waals surface area contributed by atoms with E-state index in [0.717, 1.165) is 22.6 Å². The molecule has 0 saturated heterocycles. The summed E-state index contributed by atoms with van der Waals surface area (Å²) < 4.78 is 1.82. The SMILES string of the molecule is Cc1ccc(C(=O)N(C)Cc2cnn(C)c2C)c(C(C)C)n1. The quantitative estimate of drug-likeness (QED) is 0.872. The summed E-state index contributed by atoms with van der Waals surface area (Å²) in [6.07, 6.45) is 1.82. The summed E-state index contributed by atoms with van der Waals surface area (Å²) in [4.78, 5) is 19.0. The molecule has 5 nitrogen and oxygen atoms in total. The zero-order valence-corrected chi connectivity index (χ0v) is 14.2. The fourth-order valence-electron chi connectivity index (χ4n) is 2.43. The minimum absolute atomic E-state index is 0.000506. The lowest BCUT2D eigenvalue weighted by molar-refractivity contribution is 0.0783. The van der Waals surface area contributed by atoms with Crippen molar-refractivity contribution in [3.8, 4) is 0 Å². The van der Waals surface area contributed by atoms with Crippen molar-refractivity contribution in [1.29, 1.82) is 0 Å². The van der Waals surface area contributed by atoms with Crippen LogP contribution in [-0.2, 0) is 13.6 Å². The van der Waals surface area contributed by atoms with Crippen LogP contribution in [0.5, 0.6) is 0 Å². The van der Waals surface area contributed by atoms with Gasteiger partial charge in [-0.2, -0.15) is 5.10 Å². The molecule has 0 saturated carbocycles. The van der Waals surface area contributed by atoms with Crippen molar-refractivity contribution in [2.24, 2.45) is 7.05 Å². The van der Waals surface area contributed by atoms with Gasteiger partial charge < -0.3 is 4.90 Å². The maximum absolute atomic E-state index is 12.8. The standard InChI is InChI=1S/C17H24N4O/c1-11(2)16-15(8-7-12(3)19-16)17(22)20(5)10-14-9-18-21(6)13(14)4/h7-9,11H,10H2,1-6H3. The maximum Gasteiger partial charge on any atom is 0.255 e. The first kappa shape index (κ1) is 16.2. The first-order chi connectivity index (χ1) is 10.3. The van der Waals surface area contributed by atoms with Crippen molar-refractivity contribution >= 4 is 5.91 Å². The Kier molecular flexibility index (Phi) is 4.64. The van der Waals surface area contributed by atoms with E-state index in [1.54, 1.807) is 4.90 Å². The topological polar surface area (TPSA) is 51.0 Å². The summed E-state index contributed by atoms with van der Waals surface area (Å²) in [5.74, 6) is 0.215. The molecule has 0 aromatic carbocycles. The van der Waals surface area contributed by atoms with Crippen LogP contribution in [0, 0.1) is 13.8 Å². The largest absolute Gasteiger partial charge is 0.337 e. The molecule has 0 aliphatic rings. The number of nitrogens with zero attached hydrogens (tertiary/aromatic N) is 4. The molecule has 0 aliphatic heterocycles. The van der Waals surface area contributed by atoms with Gasteiger partial charge in [0.05, 0.1) is 17.5 Å². The molecule has 0 unspecified atom stereocenters. The fraction of sp³-hybridized carbons (Fsp3) is 0.471. The van der Waals surface area contributed by atoms with Gasteiger partial charge in [0.2, 0.25) is 0 Å². The van der Waals surface area contributed by atoms with E-state index < -0.39 is 0 Å². The van der Waals surface area contributed by atoms with Gasteiger partial charge in [-0.05, 0) is 31.9 Å². The zero-order valence-electron chi connectivity index (χ0n) is 14.2. The van der Waals surface area contributed by atoms with Crippen LogP contribution >= 0.6 is 0 Å². The first-order valence-corrected chi connectivity index (χ1v) is 7.51. The highest BCUT2D eigenvalue weighted by molar-refractivity contribution is 5.95. The Morgan fingerprint density at radius 1 is 1.32 bits per heavy atom. The zero-order chi connectivity index (χ0) is 16.4. The number of rotatable bonds is 4. The van der Waals surface area contributed by atoms with Gasteiger partial charge in [0.1, 0.15) is 0 Å². The highest BCUT2D eigenvalue weighted by Gasteiger charge is 2.20. The van der Waals surface area contributed by atoms with E-state index in [1.807, 2.05) is 51.0 Å². The minimum Gasteiger partial charge on any atom is -0.337 e. The van der Waals surface area contributed by atoms with E-state index in [1.165, 1.54) is 0 Å². The second kappa shape index (κ2) is 6.30. The highest BCUT2D eigenvalue weighted by atomic mass is 16.2. The Balaban J connectivity index is 2.26. The molecule has 0 N–H and O–H groups in total. The first-order valence-electron chi connectivity index (χ1n) is 7.51. The molecule has 22 heavy (non-hydrogen) atoms. The molecule has 2 aromatic rings. The summed E-state index contributed by atoms with van der Waals surface area (Å²) >= 11 is 0. The Morgan fingerprint density at radius 2 is 2.00 bits per heavy atom. The van der Waals surface area contributed by atoms with Gasteiger partial charge in [0.25, 0.3) is 5.91 Å². The summed E-state index contributed by atoms with van der Waals surface area (Å²) in [5, 5.41) is 4.23. The van der Waals surface area contributed by atoms with E-state index in [-0.39, 0.29) is 11.8 Å². The van der Waals surface area contributed by atoms with Gasteiger partial charge in [0, 0.05) is 37.6 Å². The number of aromatic nitrogens is 3. The van der Waals surface area contributed by atoms with Crippen molar-refractivity contribution in [2.75, 3.05) is 7.05 Å². The van der Waals surface area contributed by atoms with Crippen molar-refractivity contribution in [3.05, 3.63) is 46.5 Å². The maximum atomic E-state index is 12.8. The Labute approximate surface area is 132 Å². The van der Waals surface area contributed by atoms with E-state index in [0.29, 0.717) is 12.1 Å². The molecule has 2 rings (SSSR count). The molecule has 0 radical (unpaired) electrons. The van der Waals surface area contributed by atoms with Crippen molar-refractivity contribution in [2.45, 2.75) is 40.2 Å². The number of amides is 1. The molecular formula is C17H24N4O. The Morgan fingerprint density at radius 3 is 2.55 bits per heavy atom. The lowest BCUT2D eigenvalue weighted by Gasteiger charge is -2.20. The molecule has 2 heterocycles. The number of hydrogen-bond acceptors (Lipinski definition) is 3. The molecule has 0 spiro atoms. The molecule has 0 atom stereocenters. The third-order valence-corrected chi connectivity index (χ3v) is 3.93. The smallest absolute Gasteiger partial charge is 0.255 e. The van der Waals surface area contributed by atoms with Crippen molar-refractivity contribution in [1.82, 2.24) is 19.7 Å². The average molecular weight is 300 g/mol. The monoisotopic (exact) mass is 300 g/mol. The highest BCUT2D eigenvalue weighted by Crippen LogP contribution is 2.20. The number of aryl methyl sites for hydroxylation is 2. The van der Waals surface area contributed by atoms with Crippen LogP contribution in [0.25, 0.3) is 0 Å². The van der Waals surface area contributed by atoms with Gasteiger partial charge in [0.15, 0.2) is 0 Å². The Bertz CT molecular complexity index is 688. The molecule has 0 fully saturated rings. The minimum atomic E-state index is -0.000506. The second-order valence-electron chi connectivity index (χ2n) is 6.08. The van der Waals surface area contributed by atoms with Crippen molar-refractivity contribution in [3.63, 3.8) is 0 Å². The summed E-state index contributed by atoms with van der Waals surface area (Å²) in [6, 6.07) is 3.77. The van der Waals surface area contributed by atoms with Crippen LogP contribution in [0.4, 0.5) is 0 Å². The molecular weight excluding hydrogens is 276 g/mol. The molecule has 5 heteroatoms. The summed E-state index contributed by atoms with van der Waals surface area (Å²) in [7, 11) is 3.72. The van der Waals surface area contributed by atoms with Crippen LogP contribution in [0.1, 0.15) is 52.8 Å². The molecule has 0 bridgehead atoms. The van der Waals surface area contributed by atoms with Crippen LogP contribution in [0.3, 0.4) is 0 Å². The third-order valence-electron chi connectivity index (χ3n) is 3.93. The predicted octanol–water partition coefficient (Wildman–Crippen LogP) is 2.83. The van der Waals surface area contributed by atoms with Crippen molar-refractivity contribution < 1.29 is 4.79 Å². The van der Waals surface area contributed by atoms with Gasteiger partial charge in [-0.1, -0.05) is 13.8 Å². The fourth-order valence-corrected chi connectivity index (χ4v) is 2.43. The lowest BCUT2D eigenvalue weighted by Crippen LogP contribution is -2.28. The van der Waals surface area contributed by atoms with Gasteiger partial charge in [-0.3, -0.25) is 14.5 Å². The number of pyridine rings is 1. The van der Waals surface area contributed by atoms with Crippen LogP contribution in [0.15, 0.2) is 18.3 Å². The van der Waals surface area contributed by atoms with Crippen LogP contribution < -0.4 is 0 Å². The van der Waals surface area contributed by atoms with Gasteiger partial charge >= 0.3 is 0 Å². The number of hydrogen-bond donors (Lipinski definition) is 0. The number of carbonyl (C=O) groups is 1. The Hall–Kier alpha value is -2.17. The van der Waals surface area contributed by atoms with Gasteiger partial charge in [-0.25, -0.2) is 0 Å². The van der Waals surface area contributed by atoms with E-state index in [4.69, 9.17) is 0 Å². The van der Waals surface area contributed by atoms with E-state index in [9.17, 15) is 4.79 Å². The van der Waals surface area contributed by atoms with Crippen LogP contribution in [-0.4, -0.2) is 32.6 Å².